The number of fused-ring (bicyclic) bond motifs is 1. The first kappa shape index (κ1) is 17.3. The second-order valence-electron chi connectivity index (χ2n) is 9.59. The Morgan fingerprint density at radius 1 is 0.415 bits per heavy atom. The molecule has 0 saturated carbocycles. The number of anilines is 3. The molecule has 0 N–H and O–H groups in total. The molecule has 7 aromatic rings. The Morgan fingerprint density at radius 2 is 1.07 bits per heavy atom. The summed E-state index contributed by atoms with van der Waals surface area (Å²) in [5, 5.41) is 1.84. The molecular weight excluding hydrogens is 494 g/mol. The molecule has 0 bridgehead atoms. The van der Waals surface area contributed by atoms with Gasteiger partial charge in [-0.25, -0.2) is 0 Å². The third-order valence-electron chi connectivity index (χ3n) is 7.00. The van der Waals surface area contributed by atoms with Crippen LogP contribution in [-0.2, 0) is 0 Å². The largest absolute Gasteiger partial charge is 0.310 e. The Bertz CT molecular complexity index is 2350. The minimum atomic E-state index is -0.439. The highest BCUT2D eigenvalue weighted by Gasteiger charge is 2.17. The first-order valence-corrected chi connectivity index (χ1v) is 13.4. The van der Waals surface area contributed by atoms with Crippen LogP contribution in [0.5, 0.6) is 0 Å². The molecule has 0 unspecified atom stereocenters. The number of nitrogens with zero attached hydrogens (tertiary/aromatic N) is 1. The van der Waals surface area contributed by atoms with E-state index in [9.17, 15) is 5.48 Å². The molecule has 0 amide bonds. The van der Waals surface area contributed by atoms with Gasteiger partial charge in [-0.3, -0.25) is 0 Å². The quantitative estimate of drug-likeness (QED) is 0.206. The van der Waals surface area contributed by atoms with Crippen LogP contribution in [0, 0.1) is 0 Å². The van der Waals surface area contributed by atoms with Crippen molar-refractivity contribution in [3.05, 3.63) is 176 Å². The van der Waals surface area contributed by atoms with Crippen LogP contribution in [0.1, 0.15) is 11.0 Å². The maximum absolute atomic E-state index is 9.62. The molecule has 7 aromatic carbocycles. The second kappa shape index (κ2) is 11.0. The van der Waals surface area contributed by atoms with E-state index in [1.54, 1.807) is 42.5 Å². The number of hydrogen-bond acceptors (Lipinski definition) is 1. The fourth-order valence-corrected chi connectivity index (χ4v) is 4.98. The number of rotatable bonds is 6. The van der Waals surface area contributed by atoms with Crippen molar-refractivity contribution < 1.29 is 11.0 Å². The average Bonchev–Trinajstić information content (AvgIpc) is 3.13. The third-order valence-corrected chi connectivity index (χ3v) is 7.00. The summed E-state index contributed by atoms with van der Waals surface area (Å²) < 4.78 is 73.6. The summed E-state index contributed by atoms with van der Waals surface area (Å²) in [6.07, 6.45) is 0. The predicted octanol–water partition coefficient (Wildman–Crippen LogP) is 11.3. The van der Waals surface area contributed by atoms with E-state index in [-0.39, 0.29) is 58.8 Å². The molecule has 0 fully saturated rings. The van der Waals surface area contributed by atoms with Crippen LogP contribution in [-0.4, -0.2) is 0 Å². The van der Waals surface area contributed by atoms with E-state index in [0.717, 1.165) is 16.3 Å². The first-order chi connectivity index (χ1) is 23.7. The first-order valence-electron chi connectivity index (χ1n) is 17.4. The molecule has 1 nitrogen and oxygen atoms in total. The van der Waals surface area contributed by atoms with Gasteiger partial charge in [0, 0.05) is 16.9 Å². The molecule has 0 spiro atoms. The molecule has 1 heteroatoms. The normalized spacial score (nSPS) is 13.7. The summed E-state index contributed by atoms with van der Waals surface area (Å²) in [4.78, 5) is 1.41. The van der Waals surface area contributed by atoms with E-state index < -0.39 is 12.1 Å². The van der Waals surface area contributed by atoms with Crippen molar-refractivity contribution in [1.29, 1.82) is 0 Å². The fourth-order valence-electron chi connectivity index (χ4n) is 4.98. The molecule has 0 aromatic heterocycles. The van der Waals surface area contributed by atoms with Gasteiger partial charge in [0.25, 0.3) is 0 Å². The summed E-state index contributed by atoms with van der Waals surface area (Å²) in [6, 6.07) is 36.0. The molecule has 7 rings (SSSR count). The van der Waals surface area contributed by atoms with E-state index in [2.05, 4.69) is 0 Å². The molecule has 0 radical (unpaired) electrons. The predicted molar refractivity (Wildman–Crippen MR) is 175 cm³/mol. The van der Waals surface area contributed by atoms with Gasteiger partial charge in [-0.1, -0.05) is 139 Å². The lowest BCUT2D eigenvalue weighted by Crippen LogP contribution is -2.11. The van der Waals surface area contributed by atoms with Gasteiger partial charge in [0.1, 0.15) is 0 Å². The van der Waals surface area contributed by atoms with Gasteiger partial charge in [-0.15, -0.1) is 0 Å². The van der Waals surface area contributed by atoms with E-state index in [4.69, 9.17) is 5.48 Å². The average molecular weight is 532 g/mol. The Labute approximate surface area is 252 Å². The van der Waals surface area contributed by atoms with E-state index in [1.807, 2.05) is 84.9 Å². The molecule has 0 atom stereocenters. The van der Waals surface area contributed by atoms with Gasteiger partial charge in [0.15, 0.2) is 0 Å². The van der Waals surface area contributed by atoms with Crippen LogP contribution in [0.2, 0.25) is 0 Å². The number of para-hydroxylation sites is 1. The SMILES string of the molecule is [2H]c1c([2H])c(-c2ccc3ccccc3c2)c([2H])c(N(c2ccccc2-c2ccccc2)c2c([2H])c([2H])c(-c3ccccc3)c([2H])c2[2H])c1[2H]. The molecule has 0 aliphatic carbocycles. The van der Waals surface area contributed by atoms with Crippen molar-refractivity contribution in [2.75, 3.05) is 4.90 Å². The van der Waals surface area contributed by atoms with Crippen LogP contribution in [0.15, 0.2) is 176 Å². The molecule has 194 valence electrons. The van der Waals surface area contributed by atoms with Crippen molar-refractivity contribution in [2.45, 2.75) is 0 Å². The molecule has 0 aliphatic rings. The van der Waals surface area contributed by atoms with Gasteiger partial charge in [0.05, 0.1) is 16.7 Å². The zero-order valence-corrected chi connectivity index (χ0v) is 22.1. The second-order valence-corrected chi connectivity index (χ2v) is 9.59. The van der Waals surface area contributed by atoms with Gasteiger partial charge in [0.2, 0.25) is 0 Å². The highest BCUT2D eigenvalue weighted by molar-refractivity contribution is 5.91. The van der Waals surface area contributed by atoms with Crippen molar-refractivity contribution in [3.8, 4) is 33.4 Å². The molecule has 0 saturated heterocycles. The van der Waals surface area contributed by atoms with Gasteiger partial charge < -0.3 is 4.90 Å². The van der Waals surface area contributed by atoms with Gasteiger partial charge in [-0.2, -0.15) is 0 Å². The monoisotopic (exact) mass is 531 g/mol. The summed E-state index contributed by atoms with van der Waals surface area (Å²) >= 11 is 0. The summed E-state index contributed by atoms with van der Waals surface area (Å²) in [7, 11) is 0. The third kappa shape index (κ3) is 5.02. The fraction of sp³-hybridized carbons (Fsp3) is 0. The van der Waals surface area contributed by atoms with Crippen LogP contribution in [0.4, 0.5) is 17.1 Å². The Morgan fingerprint density at radius 3 is 1.85 bits per heavy atom. The molecule has 0 heterocycles. The summed E-state index contributed by atoms with van der Waals surface area (Å²) in [6.45, 7) is 0. The lowest BCUT2D eigenvalue weighted by molar-refractivity contribution is 1.28. The van der Waals surface area contributed by atoms with Crippen LogP contribution in [0.3, 0.4) is 0 Å². The lowest BCUT2D eigenvalue weighted by Gasteiger charge is -2.28. The van der Waals surface area contributed by atoms with Crippen LogP contribution >= 0.6 is 0 Å². The highest BCUT2D eigenvalue weighted by atomic mass is 15.1. The topological polar surface area (TPSA) is 3.24 Å². The molecule has 0 aliphatic heterocycles. The minimum Gasteiger partial charge on any atom is -0.310 e. The van der Waals surface area contributed by atoms with Crippen LogP contribution < -0.4 is 4.90 Å². The highest BCUT2D eigenvalue weighted by Crippen LogP contribution is 2.42. The van der Waals surface area contributed by atoms with Crippen molar-refractivity contribution in [1.82, 2.24) is 0 Å². The van der Waals surface area contributed by atoms with Crippen LogP contribution in [0.25, 0.3) is 44.2 Å². The van der Waals surface area contributed by atoms with E-state index in [0.29, 0.717) is 22.4 Å². The van der Waals surface area contributed by atoms with Gasteiger partial charge in [-0.05, 0) is 74.9 Å². The summed E-state index contributed by atoms with van der Waals surface area (Å²) in [5.41, 5.74) is 2.84. The molecule has 41 heavy (non-hydrogen) atoms. The van der Waals surface area contributed by atoms with Gasteiger partial charge >= 0.3 is 0 Å². The maximum Gasteiger partial charge on any atom is 0.0651 e. The minimum absolute atomic E-state index is 0.124. The maximum atomic E-state index is 9.62. The summed E-state index contributed by atoms with van der Waals surface area (Å²) in [5.74, 6) is 0. The van der Waals surface area contributed by atoms with E-state index >= 15 is 0 Å². The Balaban J connectivity index is 1.59. The zero-order valence-electron chi connectivity index (χ0n) is 30.1. The number of hydrogen-bond donors (Lipinski definition) is 0. The standard InChI is InChI=1S/C40H29N/c1-3-12-30(13-4-1)32-24-26-37(27-25-32)41(40-21-10-9-20-39(40)33-15-5-2-6-16-33)38-19-11-18-35(29-38)36-23-22-31-14-7-8-17-34(31)28-36/h1-29H/i11D,18D,19D,24D,25D,26D,27D,29D. The Hall–Kier alpha value is -5.40. The van der Waals surface area contributed by atoms with E-state index in [1.165, 1.54) is 4.90 Å². The van der Waals surface area contributed by atoms with Crippen molar-refractivity contribution in [3.63, 3.8) is 0 Å². The Kier molecular flexibility index (Phi) is 4.65. The smallest absolute Gasteiger partial charge is 0.0651 e. The lowest BCUT2D eigenvalue weighted by atomic mass is 9.99. The molecular formula is C40H29N. The van der Waals surface area contributed by atoms with Crippen molar-refractivity contribution in [2.24, 2.45) is 0 Å². The van der Waals surface area contributed by atoms with Crippen molar-refractivity contribution >= 4 is 27.8 Å². The zero-order chi connectivity index (χ0) is 34.4. The number of benzene rings is 7.